The van der Waals surface area contributed by atoms with Gasteiger partial charge in [0.2, 0.25) is 0 Å². The highest BCUT2D eigenvalue weighted by Crippen LogP contribution is 2.27. The maximum atomic E-state index is 12.5. The summed E-state index contributed by atoms with van der Waals surface area (Å²) in [7, 11) is 0. The molecule has 1 aliphatic rings. The molecule has 0 spiro atoms. The van der Waals surface area contributed by atoms with Gasteiger partial charge in [-0.3, -0.25) is 4.79 Å². The minimum Gasteiger partial charge on any atom is -0.334 e. The van der Waals surface area contributed by atoms with Crippen molar-refractivity contribution in [1.82, 2.24) is 4.90 Å². The number of thioether (sulfide) groups is 1. The number of alkyl halides is 2. The van der Waals surface area contributed by atoms with E-state index in [0.29, 0.717) is 41.2 Å². The van der Waals surface area contributed by atoms with Crippen LogP contribution in [0.25, 0.3) is 0 Å². The quantitative estimate of drug-likeness (QED) is 0.843. The number of amides is 1. The van der Waals surface area contributed by atoms with Gasteiger partial charge in [0.15, 0.2) is 0 Å². The molecular weight excluding hydrogens is 330 g/mol. The first kappa shape index (κ1) is 19.2. The Morgan fingerprint density at radius 1 is 1.41 bits per heavy atom. The fourth-order valence-electron chi connectivity index (χ4n) is 2.69. The number of rotatable bonds is 4. The van der Waals surface area contributed by atoms with E-state index in [2.05, 4.69) is 6.92 Å². The van der Waals surface area contributed by atoms with E-state index in [1.165, 1.54) is 0 Å². The largest absolute Gasteiger partial charge is 0.334 e. The first-order chi connectivity index (χ1) is 10.0. The van der Waals surface area contributed by atoms with Gasteiger partial charge in [-0.05, 0) is 43.0 Å². The Kier molecular flexibility index (Phi) is 7.59. The van der Waals surface area contributed by atoms with Crippen molar-refractivity contribution < 1.29 is 13.6 Å². The second-order valence-electron chi connectivity index (χ2n) is 5.42. The fraction of sp³-hybridized carbons (Fsp3) is 0.533. The SMILES string of the molecule is CC1CCN(C(=O)c2ccc(SC(F)F)cc2)C(CN)C1.Cl. The third-order valence-corrected chi connectivity index (χ3v) is 4.56. The van der Waals surface area contributed by atoms with E-state index >= 15 is 0 Å². The summed E-state index contributed by atoms with van der Waals surface area (Å²) in [5.41, 5.74) is 6.30. The van der Waals surface area contributed by atoms with E-state index in [4.69, 9.17) is 5.73 Å². The lowest BCUT2D eigenvalue weighted by atomic mass is 9.92. The summed E-state index contributed by atoms with van der Waals surface area (Å²) in [6, 6.07) is 6.41. The Labute approximate surface area is 140 Å². The summed E-state index contributed by atoms with van der Waals surface area (Å²) in [6.07, 6.45) is 1.89. The normalized spacial score (nSPS) is 21.6. The molecule has 1 aliphatic heterocycles. The number of hydrogen-bond acceptors (Lipinski definition) is 3. The Morgan fingerprint density at radius 3 is 2.59 bits per heavy atom. The lowest BCUT2D eigenvalue weighted by molar-refractivity contribution is 0.0573. The number of carbonyl (C=O) groups is 1. The van der Waals surface area contributed by atoms with Crippen LogP contribution >= 0.6 is 24.2 Å². The lowest BCUT2D eigenvalue weighted by Crippen LogP contribution is -2.49. The Morgan fingerprint density at radius 2 is 2.05 bits per heavy atom. The summed E-state index contributed by atoms with van der Waals surface area (Å²) in [4.78, 5) is 14.8. The van der Waals surface area contributed by atoms with Crippen LogP contribution < -0.4 is 5.73 Å². The molecule has 1 heterocycles. The summed E-state index contributed by atoms with van der Waals surface area (Å²) in [5, 5.41) is 0. The standard InChI is InChI=1S/C15H20F2N2OS.ClH/c1-10-6-7-19(12(8-10)9-18)14(20)11-2-4-13(5-3-11)21-15(16)17;/h2-5,10,12,15H,6-9,18H2,1H3;1H. The molecule has 1 saturated heterocycles. The molecule has 3 nitrogen and oxygen atoms in total. The van der Waals surface area contributed by atoms with Gasteiger partial charge in [-0.2, -0.15) is 8.78 Å². The molecule has 124 valence electrons. The van der Waals surface area contributed by atoms with Crippen molar-refractivity contribution in [3.05, 3.63) is 29.8 Å². The van der Waals surface area contributed by atoms with Crippen LogP contribution in [0.15, 0.2) is 29.2 Å². The number of carbonyl (C=O) groups excluding carboxylic acids is 1. The molecule has 0 saturated carbocycles. The van der Waals surface area contributed by atoms with Crippen LogP contribution in [0.1, 0.15) is 30.1 Å². The maximum Gasteiger partial charge on any atom is 0.288 e. The van der Waals surface area contributed by atoms with Crippen LogP contribution in [-0.4, -0.2) is 35.7 Å². The highest BCUT2D eigenvalue weighted by atomic mass is 35.5. The second-order valence-corrected chi connectivity index (χ2v) is 6.48. The summed E-state index contributed by atoms with van der Waals surface area (Å²) < 4.78 is 24.6. The third-order valence-electron chi connectivity index (χ3n) is 3.84. The van der Waals surface area contributed by atoms with Gasteiger partial charge in [-0.1, -0.05) is 18.7 Å². The maximum absolute atomic E-state index is 12.5. The predicted octanol–water partition coefficient (Wildman–Crippen LogP) is 3.62. The Balaban J connectivity index is 0.00000242. The monoisotopic (exact) mass is 350 g/mol. The van der Waals surface area contributed by atoms with Crippen molar-refractivity contribution in [3.8, 4) is 0 Å². The molecule has 0 bridgehead atoms. The molecule has 22 heavy (non-hydrogen) atoms. The zero-order valence-corrected chi connectivity index (χ0v) is 14.0. The number of halogens is 3. The molecule has 0 aliphatic carbocycles. The first-order valence-electron chi connectivity index (χ1n) is 7.07. The topological polar surface area (TPSA) is 46.3 Å². The van der Waals surface area contributed by atoms with Crippen molar-refractivity contribution in [2.75, 3.05) is 13.1 Å². The Hall–Kier alpha value is -0.850. The van der Waals surface area contributed by atoms with Crippen molar-refractivity contribution >= 4 is 30.1 Å². The van der Waals surface area contributed by atoms with Crippen LogP contribution in [0, 0.1) is 5.92 Å². The van der Waals surface area contributed by atoms with Crippen molar-refractivity contribution in [3.63, 3.8) is 0 Å². The molecule has 1 aromatic rings. The van der Waals surface area contributed by atoms with Gasteiger partial charge in [0.25, 0.3) is 11.7 Å². The molecule has 2 atom stereocenters. The minimum absolute atomic E-state index is 0. The lowest BCUT2D eigenvalue weighted by Gasteiger charge is -2.38. The van der Waals surface area contributed by atoms with E-state index in [1.807, 2.05) is 4.90 Å². The van der Waals surface area contributed by atoms with E-state index in [1.54, 1.807) is 24.3 Å². The number of benzene rings is 1. The van der Waals surface area contributed by atoms with Crippen LogP contribution in [0.2, 0.25) is 0 Å². The van der Waals surface area contributed by atoms with Gasteiger partial charge in [0.1, 0.15) is 0 Å². The van der Waals surface area contributed by atoms with E-state index < -0.39 is 5.76 Å². The molecule has 1 fully saturated rings. The molecule has 2 rings (SSSR count). The number of likely N-dealkylation sites (tertiary alicyclic amines) is 1. The van der Waals surface area contributed by atoms with Gasteiger partial charge in [0, 0.05) is 29.6 Å². The molecule has 0 aromatic heterocycles. The Bertz CT molecular complexity index is 487. The van der Waals surface area contributed by atoms with Gasteiger partial charge in [-0.15, -0.1) is 12.4 Å². The van der Waals surface area contributed by atoms with Crippen LogP contribution in [-0.2, 0) is 0 Å². The van der Waals surface area contributed by atoms with Crippen LogP contribution in [0.4, 0.5) is 8.78 Å². The molecule has 1 aromatic carbocycles. The first-order valence-corrected chi connectivity index (χ1v) is 7.95. The smallest absolute Gasteiger partial charge is 0.288 e. The van der Waals surface area contributed by atoms with Gasteiger partial charge in [-0.25, -0.2) is 0 Å². The summed E-state index contributed by atoms with van der Waals surface area (Å²) in [6.45, 7) is 3.33. The molecule has 1 amide bonds. The minimum atomic E-state index is -2.45. The number of nitrogens with zero attached hydrogens (tertiary/aromatic N) is 1. The van der Waals surface area contributed by atoms with Gasteiger partial charge < -0.3 is 10.6 Å². The highest BCUT2D eigenvalue weighted by Gasteiger charge is 2.29. The van der Waals surface area contributed by atoms with Gasteiger partial charge in [0.05, 0.1) is 0 Å². The average molecular weight is 351 g/mol. The number of hydrogen-bond donors (Lipinski definition) is 1. The average Bonchev–Trinajstić information content (AvgIpc) is 2.46. The van der Waals surface area contributed by atoms with E-state index in [0.717, 1.165) is 12.8 Å². The molecule has 7 heteroatoms. The highest BCUT2D eigenvalue weighted by molar-refractivity contribution is 7.99. The molecule has 0 radical (unpaired) electrons. The van der Waals surface area contributed by atoms with Crippen molar-refractivity contribution in [2.24, 2.45) is 11.7 Å². The molecular formula is C15H21ClF2N2OS. The number of nitrogens with two attached hydrogens (primary N) is 1. The molecule has 2 N–H and O–H groups in total. The van der Waals surface area contributed by atoms with Crippen LogP contribution in [0.3, 0.4) is 0 Å². The van der Waals surface area contributed by atoms with Crippen molar-refractivity contribution in [1.29, 1.82) is 0 Å². The number of piperidine rings is 1. The fourth-order valence-corrected chi connectivity index (χ4v) is 3.19. The van der Waals surface area contributed by atoms with E-state index in [9.17, 15) is 13.6 Å². The third kappa shape index (κ3) is 4.83. The zero-order chi connectivity index (χ0) is 15.4. The summed E-state index contributed by atoms with van der Waals surface area (Å²) >= 11 is 0.482. The summed E-state index contributed by atoms with van der Waals surface area (Å²) in [5.74, 6) is -1.94. The van der Waals surface area contributed by atoms with Crippen molar-refractivity contribution in [2.45, 2.75) is 36.5 Å². The van der Waals surface area contributed by atoms with Gasteiger partial charge >= 0.3 is 0 Å². The second kappa shape index (κ2) is 8.70. The van der Waals surface area contributed by atoms with E-state index in [-0.39, 0.29) is 24.4 Å². The zero-order valence-electron chi connectivity index (χ0n) is 12.4. The molecule has 2 unspecified atom stereocenters. The van der Waals surface area contributed by atoms with Crippen LogP contribution in [0.5, 0.6) is 0 Å². The predicted molar refractivity (Wildman–Crippen MR) is 87.8 cm³/mol.